The molecule has 2 N–H and O–H groups in total. The van der Waals surface area contributed by atoms with E-state index in [4.69, 9.17) is 11.6 Å². The Morgan fingerprint density at radius 1 is 1.13 bits per heavy atom. The summed E-state index contributed by atoms with van der Waals surface area (Å²) in [5, 5.41) is 6.00. The second-order valence-corrected chi connectivity index (χ2v) is 5.97. The summed E-state index contributed by atoms with van der Waals surface area (Å²) in [7, 11) is 0. The second-order valence-electron chi connectivity index (χ2n) is 5.54. The summed E-state index contributed by atoms with van der Waals surface area (Å²) in [4.78, 5) is 28.1. The normalized spacial score (nSPS) is 14.8. The average molecular weight is 330 g/mol. The summed E-state index contributed by atoms with van der Waals surface area (Å²) in [5.74, 6) is -0.982. The number of hydrogen-bond acceptors (Lipinski definition) is 3. The van der Waals surface area contributed by atoms with Gasteiger partial charge in [-0.3, -0.25) is 14.6 Å². The molecule has 1 aliphatic carbocycles. The van der Waals surface area contributed by atoms with Gasteiger partial charge in [0.25, 0.3) is 0 Å². The third kappa shape index (κ3) is 4.07. The van der Waals surface area contributed by atoms with Crippen molar-refractivity contribution >= 4 is 29.1 Å². The lowest BCUT2D eigenvalue weighted by atomic mass is 10.0. The lowest BCUT2D eigenvalue weighted by Gasteiger charge is -2.18. The minimum Gasteiger partial charge on any atom is -0.341 e. The number of pyridine rings is 1. The molecule has 0 saturated heterocycles. The van der Waals surface area contributed by atoms with E-state index in [1.165, 1.54) is 6.20 Å². The highest BCUT2D eigenvalue weighted by Gasteiger charge is 2.34. The van der Waals surface area contributed by atoms with Crippen LogP contribution in [-0.2, 0) is 9.59 Å². The van der Waals surface area contributed by atoms with E-state index >= 15 is 0 Å². The highest BCUT2D eigenvalue weighted by Crippen LogP contribution is 2.41. The van der Waals surface area contributed by atoms with Gasteiger partial charge in [-0.25, -0.2) is 0 Å². The van der Waals surface area contributed by atoms with Crippen molar-refractivity contribution in [3.8, 4) is 0 Å². The minimum absolute atomic E-state index is 0.167. The third-order valence-electron chi connectivity index (χ3n) is 3.73. The zero-order valence-electron chi connectivity index (χ0n) is 12.3. The lowest BCUT2D eigenvalue weighted by molar-refractivity contribution is -0.136. The van der Waals surface area contributed by atoms with Crippen molar-refractivity contribution in [1.82, 2.24) is 10.3 Å². The van der Waals surface area contributed by atoms with E-state index in [1.54, 1.807) is 30.5 Å². The van der Waals surface area contributed by atoms with Crippen molar-refractivity contribution in [3.05, 3.63) is 59.4 Å². The fraction of sp³-hybridized carbons (Fsp3) is 0.235. The molecule has 2 amide bonds. The number of hydrogen-bond donors (Lipinski definition) is 2. The Hall–Kier alpha value is -2.40. The SMILES string of the molecule is O=C(Nc1cccnc1)C(=O)N[C@@H](c1ccc(Cl)cc1)C1CC1. The van der Waals surface area contributed by atoms with Crippen LogP contribution in [0.3, 0.4) is 0 Å². The van der Waals surface area contributed by atoms with Crippen LogP contribution in [0, 0.1) is 5.92 Å². The minimum atomic E-state index is -0.697. The third-order valence-corrected chi connectivity index (χ3v) is 3.99. The number of carbonyl (C=O) groups is 2. The molecule has 0 aliphatic heterocycles. The van der Waals surface area contributed by atoms with E-state index in [0.29, 0.717) is 16.6 Å². The molecule has 1 fully saturated rings. The quantitative estimate of drug-likeness (QED) is 0.847. The average Bonchev–Trinajstić information content (AvgIpc) is 3.39. The molecule has 1 saturated carbocycles. The molecular weight excluding hydrogens is 314 g/mol. The van der Waals surface area contributed by atoms with Gasteiger partial charge in [0.1, 0.15) is 0 Å². The number of rotatable bonds is 4. The van der Waals surface area contributed by atoms with Crippen LogP contribution in [0.1, 0.15) is 24.4 Å². The summed E-state index contributed by atoms with van der Waals surface area (Å²) in [6.07, 6.45) is 5.16. The van der Waals surface area contributed by atoms with Gasteiger partial charge in [-0.05, 0) is 48.6 Å². The van der Waals surface area contributed by atoms with Gasteiger partial charge in [0.2, 0.25) is 0 Å². The molecule has 118 valence electrons. The largest absolute Gasteiger partial charge is 0.341 e. The number of carbonyl (C=O) groups excluding carboxylic acids is 2. The van der Waals surface area contributed by atoms with Crippen LogP contribution in [0.5, 0.6) is 0 Å². The Morgan fingerprint density at radius 3 is 2.48 bits per heavy atom. The number of amides is 2. The van der Waals surface area contributed by atoms with Gasteiger partial charge in [-0.15, -0.1) is 0 Å². The van der Waals surface area contributed by atoms with E-state index in [0.717, 1.165) is 18.4 Å². The smallest absolute Gasteiger partial charge is 0.313 e. The van der Waals surface area contributed by atoms with Crippen molar-refractivity contribution < 1.29 is 9.59 Å². The van der Waals surface area contributed by atoms with Crippen LogP contribution in [0.15, 0.2) is 48.8 Å². The zero-order valence-corrected chi connectivity index (χ0v) is 13.1. The Bertz CT molecular complexity index is 700. The van der Waals surface area contributed by atoms with Crippen LogP contribution in [0.2, 0.25) is 5.02 Å². The first kappa shape index (κ1) is 15.5. The summed E-state index contributed by atoms with van der Waals surface area (Å²) in [5.41, 5.74) is 1.45. The molecule has 23 heavy (non-hydrogen) atoms. The molecule has 1 atom stereocenters. The van der Waals surface area contributed by atoms with Crippen LogP contribution in [-0.4, -0.2) is 16.8 Å². The number of aromatic nitrogens is 1. The molecule has 0 radical (unpaired) electrons. The molecular formula is C17H16ClN3O2. The first-order valence-corrected chi connectivity index (χ1v) is 7.78. The van der Waals surface area contributed by atoms with Crippen LogP contribution < -0.4 is 10.6 Å². The molecule has 1 aromatic carbocycles. The predicted molar refractivity (Wildman–Crippen MR) is 87.9 cm³/mol. The molecule has 0 unspecified atom stereocenters. The molecule has 1 aliphatic rings. The second kappa shape index (κ2) is 6.79. The van der Waals surface area contributed by atoms with Crippen molar-refractivity contribution in [2.24, 2.45) is 5.92 Å². The predicted octanol–water partition coefficient (Wildman–Crippen LogP) is 2.94. The number of halogens is 1. The van der Waals surface area contributed by atoms with Crippen molar-refractivity contribution in [3.63, 3.8) is 0 Å². The maximum atomic E-state index is 12.2. The van der Waals surface area contributed by atoms with Gasteiger partial charge in [-0.2, -0.15) is 0 Å². The van der Waals surface area contributed by atoms with Crippen molar-refractivity contribution in [2.75, 3.05) is 5.32 Å². The first-order chi connectivity index (χ1) is 11.1. The topological polar surface area (TPSA) is 71.1 Å². The van der Waals surface area contributed by atoms with Crippen LogP contribution >= 0.6 is 11.6 Å². The summed E-state index contributed by atoms with van der Waals surface area (Å²) in [6, 6.07) is 10.5. The van der Waals surface area contributed by atoms with Crippen molar-refractivity contribution in [2.45, 2.75) is 18.9 Å². The van der Waals surface area contributed by atoms with E-state index in [-0.39, 0.29) is 6.04 Å². The van der Waals surface area contributed by atoms with Gasteiger partial charge in [-0.1, -0.05) is 23.7 Å². The molecule has 0 spiro atoms. The van der Waals surface area contributed by atoms with E-state index in [9.17, 15) is 9.59 Å². The molecule has 3 rings (SSSR count). The lowest BCUT2D eigenvalue weighted by Crippen LogP contribution is -2.38. The maximum absolute atomic E-state index is 12.2. The van der Waals surface area contributed by atoms with Crippen LogP contribution in [0.4, 0.5) is 5.69 Å². The van der Waals surface area contributed by atoms with Crippen LogP contribution in [0.25, 0.3) is 0 Å². The Balaban J connectivity index is 1.66. The standard InChI is InChI=1S/C17H16ClN3O2/c18-13-7-5-12(6-8-13)15(11-3-4-11)21-17(23)16(22)20-14-2-1-9-19-10-14/h1-2,5-11,15H,3-4H2,(H,20,22)(H,21,23)/t15-/m1/s1. The fourth-order valence-corrected chi connectivity index (χ4v) is 2.53. The Labute approximate surface area is 139 Å². The molecule has 1 aromatic heterocycles. The Morgan fingerprint density at radius 2 is 1.87 bits per heavy atom. The number of benzene rings is 1. The molecule has 2 aromatic rings. The Kier molecular flexibility index (Phi) is 4.57. The molecule has 1 heterocycles. The molecule has 0 bridgehead atoms. The highest BCUT2D eigenvalue weighted by atomic mass is 35.5. The molecule has 5 nitrogen and oxygen atoms in total. The summed E-state index contributed by atoms with van der Waals surface area (Å²) >= 11 is 5.90. The van der Waals surface area contributed by atoms with E-state index in [2.05, 4.69) is 15.6 Å². The fourth-order valence-electron chi connectivity index (χ4n) is 2.40. The zero-order chi connectivity index (χ0) is 16.2. The number of nitrogens with zero attached hydrogens (tertiary/aromatic N) is 1. The van der Waals surface area contributed by atoms with Gasteiger partial charge >= 0.3 is 11.8 Å². The van der Waals surface area contributed by atoms with Gasteiger partial charge in [0, 0.05) is 11.2 Å². The van der Waals surface area contributed by atoms with Gasteiger partial charge in [0.05, 0.1) is 17.9 Å². The molecule has 6 heteroatoms. The number of nitrogens with one attached hydrogen (secondary N) is 2. The summed E-state index contributed by atoms with van der Waals surface area (Å²) in [6.45, 7) is 0. The van der Waals surface area contributed by atoms with E-state index in [1.807, 2.05) is 12.1 Å². The maximum Gasteiger partial charge on any atom is 0.313 e. The first-order valence-electron chi connectivity index (χ1n) is 7.41. The number of anilines is 1. The highest BCUT2D eigenvalue weighted by molar-refractivity contribution is 6.39. The van der Waals surface area contributed by atoms with E-state index < -0.39 is 11.8 Å². The monoisotopic (exact) mass is 329 g/mol. The van der Waals surface area contributed by atoms with Crippen molar-refractivity contribution in [1.29, 1.82) is 0 Å². The summed E-state index contributed by atoms with van der Waals surface area (Å²) < 4.78 is 0. The van der Waals surface area contributed by atoms with Gasteiger partial charge in [0.15, 0.2) is 0 Å². The van der Waals surface area contributed by atoms with Gasteiger partial charge < -0.3 is 10.6 Å².